The van der Waals surface area contributed by atoms with Gasteiger partial charge in [0.2, 0.25) is 5.91 Å². The first kappa shape index (κ1) is 34.4. The third-order valence-corrected chi connectivity index (χ3v) is 9.12. The fourth-order valence-electron chi connectivity index (χ4n) is 6.23. The van der Waals surface area contributed by atoms with Crippen LogP contribution in [0.5, 0.6) is 5.75 Å². The van der Waals surface area contributed by atoms with Gasteiger partial charge in [0.1, 0.15) is 5.75 Å². The second kappa shape index (κ2) is 16.8. The van der Waals surface area contributed by atoms with E-state index in [9.17, 15) is 19.5 Å². The van der Waals surface area contributed by atoms with E-state index in [4.69, 9.17) is 9.47 Å². The Morgan fingerprint density at radius 2 is 1.73 bits per heavy atom. The van der Waals surface area contributed by atoms with Crippen LogP contribution in [0.1, 0.15) is 92.9 Å². The van der Waals surface area contributed by atoms with E-state index in [1.54, 1.807) is 47.2 Å². The van der Waals surface area contributed by atoms with E-state index in [2.05, 4.69) is 5.32 Å². The molecule has 2 aromatic rings. The molecule has 9 nitrogen and oxygen atoms in total. The summed E-state index contributed by atoms with van der Waals surface area (Å²) >= 11 is 0. The van der Waals surface area contributed by atoms with E-state index in [-0.39, 0.29) is 48.4 Å². The lowest BCUT2D eigenvalue weighted by atomic mass is 9.88. The van der Waals surface area contributed by atoms with Crippen LogP contribution in [-0.4, -0.2) is 84.2 Å². The third-order valence-electron chi connectivity index (χ3n) is 9.12. The maximum atomic E-state index is 14.3. The van der Waals surface area contributed by atoms with Crippen LogP contribution in [0.2, 0.25) is 0 Å². The van der Waals surface area contributed by atoms with Gasteiger partial charge in [-0.2, -0.15) is 0 Å². The molecule has 246 valence electrons. The van der Waals surface area contributed by atoms with Crippen LogP contribution in [-0.2, 0) is 9.53 Å². The quantitative estimate of drug-likeness (QED) is 0.406. The highest BCUT2D eigenvalue weighted by Crippen LogP contribution is 2.30. The Balaban J connectivity index is 1.61. The van der Waals surface area contributed by atoms with Gasteiger partial charge in [-0.05, 0) is 76.3 Å². The number of amides is 3. The molecule has 0 saturated heterocycles. The highest BCUT2D eigenvalue weighted by molar-refractivity contribution is 6.00. The normalized spacial score (nSPS) is 22.8. The summed E-state index contributed by atoms with van der Waals surface area (Å²) < 4.78 is 12.7. The number of rotatable bonds is 7. The molecule has 2 aliphatic rings. The Morgan fingerprint density at radius 3 is 2.44 bits per heavy atom. The van der Waals surface area contributed by atoms with Gasteiger partial charge in [0.05, 0.1) is 30.4 Å². The SMILES string of the molecule is C[C@@H]1CCCCO[C@@H](CN(C)C(=O)c2ccccc2)[C@@H](C)CN([C@H](C)CO)C(=O)c2cc(NC(=O)C3CCCCC3)ccc2O1. The lowest BCUT2D eigenvalue weighted by Gasteiger charge is -2.36. The number of hydrogen-bond acceptors (Lipinski definition) is 6. The zero-order valence-corrected chi connectivity index (χ0v) is 27.4. The topological polar surface area (TPSA) is 108 Å². The summed E-state index contributed by atoms with van der Waals surface area (Å²) in [6.07, 6.45) is 7.05. The van der Waals surface area contributed by atoms with Crippen LogP contribution in [0.4, 0.5) is 5.69 Å². The summed E-state index contributed by atoms with van der Waals surface area (Å²) in [7, 11) is 1.77. The van der Waals surface area contributed by atoms with Crippen LogP contribution in [0.25, 0.3) is 0 Å². The minimum absolute atomic E-state index is 0.0133. The lowest BCUT2D eigenvalue weighted by molar-refractivity contribution is -0.120. The van der Waals surface area contributed by atoms with Gasteiger partial charge in [-0.1, -0.05) is 44.4 Å². The number of nitrogens with zero attached hydrogens (tertiary/aromatic N) is 2. The van der Waals surface area contributed by atoms with E-state index in [1.165, 1.54) is 0 Å². The Labute approximate surface area is 268 Å². The second-order valence-electron chi connectivity index (χ2n) is 12.9. The van der Waals surface area contributed by atoms with Gasteiger partial charge in [-0.3, -0.25) is 14.4 Å². The third kappa shape index (κ3) is 9.53. The number of carbonyl (C=O) groups is 3. The summed E-state index contributed by atoms with van der Waals surface area (Å²) in [5.74, 6) is -0.108. The standard InChI is InChI=1S/C36H51N3O6/c1-25-22-39(26(2)24-40)36(43)31-21-30(37-34(41)28-14-7-5-8-15-28)18-19-32(31)45-27(3)13-11-12-20-44-33(25)23-38(4)35(42)29-16-9-6-10-17-29/h6,9-10,16-19,21,25-28,33,40H,5,7-8,11-15,20,22-24H2,1-4H3,(H,37,41)/t25-,26+,27+,33-/m0/s1. The molecule has 0 unspecified atom stereocenters. The van der Waals surface area contributed by atoms with Crippen molar-refractivity contribution in [1.82, 2.24) is 9.80 Å². The molecule has 1 fully saturated rings. The molecule has 4 rings (SSSR count). The lowest BCUT2D eigenvalue weighted by Crippen LogP contribution is -2.48. The number of ether oxygens (including phenoxy) is 2. The summed E-state index contributed by atoms with van der Waals surface area (Å²) in [6.45, 7) is 6.78. The fraction of sp³-hybridized carbons (Fsp3) is 0.583. The average molecular weight is 622 g/mol. The predicted molar refractivity (Wildman–Crippen MR) is 175 cm³/mol. The molecule has 1 aliphatic heterocycles. The smallest absolute Gasteiger partial charge is 0.258 e. The molecule has 4 atom stereocenters. The molecule has 45 heavy (non-hydrogen) atoms. The van der Waals surface area contributed by atoms with E-state index in [0.717, 1.165) is 51.4 Å². The molecule has 1 aliphatic carbocycles. The molecular weight excluding hydrogens is 570 g/mol. The van der Waals surface area contributed by atoms with Crippen molar-refractivity contribution >= 4 is 23.4 Å². The molecule has 9 heteroatoms. The van der Waals surface area contributed by atoms with E-state index in [0.29, 0.717) is 42.3 Å². The molecule has 1 saturated carbocycles. The van der Waals surface area contributed by atoms with Gasteiger partial charge in [0.15, 0.2) is 0 Å². The highest BCUT2D eigenvalue weighted by Gasteiger charge is 2.31. The number of carbonyl (C=O) groups excluding carboxylic acids is 3. The maximum absolute atomic E-state index is 14.3. The molecule has 0 spiro atoms. The van der Waals surface area contributed by atoms with Crippen LogP contribution >= 0.6 is 0 Å². The first-order valence-corrected chi connectivity index (χ1v) is 16.6. The fourth-order valence-corrected chi connectivity index (χ4v) is 6.23. The summed E-state index contributed by atoms with van der Waals surface area (Å²) in [5, 5.41) is 13.3. The predicted octanol–water partition coefficient (Wildman–Crippen LogP) is 5.77. The zero-order valence-electron chi connectivity index (χ0n) is 27.4. The zero-order chi connectivity index (χ0) is 32.3. The molecule has 0 radical (unpaired) electrons. The Hall–Kier alpha value is -3.43. The van der Waals surface area contributed by atoms with Crippen molar-refractivity contribution < 1.29 is 29.0 Å². The van der Waals surface area contributed by atoms with E-state index in [1.807, 2.05) is 39.0 Å². The number of hydrogen-bond donors (Lipinski definition) is 2. The van der Waals surface area contributed by atoms with Gasteiger partial charge < -0.3 is 29.7 Å². The number of nitrogens with one attached hydrogen (secondary N) is 1. The minimum atomic E-state index is -0.483. The largest absolute Gasteiger partial charge is 0.490 e. The maximum Gasteiger partial charge on any atom is 0.258 e. The molecule has 2 aromatic carbocycles. The van der Waals surface area contributed by atoms with Crippen LogP contribution in [0, 0.1) is 11.8 Å². The van der Waals surface area contributed by atoms with Crippen molar-refractivity contribution in [2.75, 3.05) is 38.7 Å². The van der Waals surface area contributed by atoms with Gasteiger partial charge in [0, 0.05) is 49.8 Å². The van der Waals surface area contributed by atoms with Crippen molar-refractivity contribution in [3.8, 4) is 5.75 Å². The number of aliphatic hydroxyl groups excluding tert-OH is 1. The van der Waals surface area contributed by atoms with Crippen molar-refractivity contribution in [3.63, 3.8) is 0 Å². The number of benzene rings is 2. The summed E-state index contributed by atoms with van der Waals surface area (Å²) in [6, 6.07) is 14.0. The van der Waals surface area contributed by atoms with Crippen molar-refractivity contribution in [2.45, 2.75) is 90.4 Å². The first-order chi connectivity index (χ1) is 21.7. The molecule has 0 bridgehead atoms. The van der Waals surface area contributed by atoms with Crippen LogP contribution in [0.3, 0.4) is 0 Å². The average Bonchev–Trinajstić information content (AvgIpc) is 3.06. The van der Waals surface area contributed by atoms with Crippen molar-refractivity contribution in [3.05, 3.63) is 59.7 Å². The first-order valence-electron chi connectivity index (χ1n) is 16.6. The Bertz CT molecular complexity index is 1260. The van der Waals surface area contributed by atoms with Crippen LogP contribution in [0.15, 0.2) is 48.5 Å². The second-order valence-corrected chi connectivity index (χ2v) is 12.9. The Morgan fingerprint density at radius 1 is 1.02 bits per heavy atom. The molecular formula is C36H51N3O6. The van der Waals surface area contributed by atoms with Gasteiger partial charge in [-0.15, -0.1) is 0 Å². The number of likely N-dealkylation sites (N-methyl/N-ethyl adjacent to an activating group) is 1. The Kier molecular flexibility index (Phi) is 12.8. The highest BCUT2D eigenvalue weighted by atomic mass is 16.5. The molecule has 3 amide bonds. The number of fused-ring (bicyclic) bond motifs is 1. The van der Waals surface area contributed by atoms with E-state index >= 15 is 0 Å². The van der Waals surface area contributed by atoms with Gasteiger partial charge in [0.25, 0.3) is 11.8 Å². The minimum Gasteiger partial charge on any atom is -0.490 e. The molecule has 0 aromatic heterocycles. The van der Waals surface area contributed by atoms with Crippen LogP contribution < -0.4 is 10.1 Å². The summed E-state index contributed by atoms with van der Waals surface area (Å²) in [5.41, 5.74) is 1.51. The van der Waals surface area contributed by atoms with E-state index < -0.39 is 6.04 Å². The monoisotopic (exact) mass is 621 g/mol. The van der Waals surface area contributed by atoms with Gasteiger partial charge >= 0.3 is 0 Å². The molecule has 1 heterocycles. The van der Waals surface area contributed by atoms with Gasteiger partial charge in [-0.25, -0.2) is 0 Å². The number of aliphatic hydroxyl groups is 1. The van der Waals surface area contributed by atoms with Crippen molar-refractivity contribution in [2.24, 2.45) is 11.8 Å². The summed E-state index contributed by atoms with van der Waals surface area (Å²) in [4.78, 5) is 43.9. The molecule has 2 N–H and O–H groups in total. The van der Waals surface area contributed by atoms with Crippen molar-refractivity contribution in [1.29, 1.82) is 0 Å². The number of anilines is 1.